The molecule has 3 aromatic rings. The van der Waals surface area contributed by atoms with Crippen LogP contribution in [0.4, 0.5) is 0 Å². The van der Waals surface area contributed by atoms with Crippen LogP contribution in [0.25, 0.3) is 11.6 Å². The zero-order valence-corrected chi connectivity index (χ0v) is 15.4. The molecule has 0 N–H and O–H groups in total. The number of para-hydroxylation sites is 1. The number of ether oxygens (including phenoxy) is 1. The average Bonchev–Trinajstić information content (AvgIpc) is 3.34. The Morgan fingerprint density at radius 1 is 1.04 bits per heavy atom. The van der Waals surface area contributed by atoms with E-state index in [-0.39, 0.29) is 0 Å². The highest BCUT2D eigenvalue weighted by molar-refractivity contribution is 5.77. The maximum Gasteiger partial charge on any atom is 0.336 e. The summed E-state index contributed by atoms with van der Waals surface area (Å²) in [6, 6.07) is 8.16. The van der Waals surface area contributed by atoms with E-state index in [9.17, 15) is 4.79 Å². The molecule has 0 amide bonds. The molecule has 142 valence electrons. The summed E-state index contributed by atoms with van der Waals surface area (Å²) >= 11 is 0. The van der Waals surface area contributed by atoms with Gasteiger partial charge in [0, 0.05) is 13.1 Å². The van der Waals surface area contributed by atoms with Crippen molar-refractivity contribution in [1.82, 2.24) is 40.5 Å². The van der Waals surface area contributed by atoms with Crippen molar-refractivity contribution in [2.24, 2.45) is 0 Å². The van der Waals surface area contributed by atoms with Crippen molar-refractivity contribution in [1.29, 1.82) is 0 Å². The van der Waals surface area contributed by atoms with Gasteiger partial charge in [0.05, 0.1) is 0 Å². The first-order valence-corrected chi connectivity index (χ1v) is 8.78. The molecule has 1 unspecified atom stereocenters. The Kier molecular flexibility index (Phi) is 5.69. The van der Waals surface area contributed by atoms with Gasteiger partial charge >= 0.3 is 5.97 Å². The number of hydrogen-bond donors (Lipinski definition) is 0. The lowest BCUT2D eigenvalue weighted by molar-refractivity contribution is -0.138. The summed E-state index contributed by atoms with van der Waals surface area (Å²) < 4.78 is 6.86. The molecule has 1 atom stereocenters. The Balaban J connectivity index is 1.91. The summed E-state index contributed by atoms with van der Waals surface area (Å²) in [6.07, 6.45) is 0.441. The first-order chi connectivity index (χ1) is 13.2. The van der Waals surface area contributed by atoms with Crippen LogP contribution >= 0.6 is 0 Å². The average molecular weight is 371 g/mol. The molecule has 0 aliphatic heterocycles. The summed E-state index contributed by atoms with van der Waals surface area (Å²) in [5.41, 5.74) is 0. The number of nitrogens with zero attached hydrogens (tertiary/aromatic N) is 9. The second-order valence-corrected chi connectivity index (χ2v) is 5.64. The number of tetrazole rings is 2. The molecule has 0 fully saturated rings. The van der Waals surface area contributed by atoms with Crippen LogP contribution in [-0.4, -0.2) is 59.6 Å². The van der Waals surface area contributed by atoms with Crippen LogP contribution in [0.1, 0.15) is 33.2 Å². The highest BCUT2D eigenvalue weighted by atomic mass is 16.5. The quantitative estimate of drug-likeness (QED) is 0.420. The van der Waals surface area contributed by atoms with Crippen molar-refractivity contribution in [2.45, 2.75) is 33.2 Å². The van der Waals surface area contributed by atoms with Gasteiger partial charge in [-0.1, -0.05) is 25.1 Å². The summed E-state index contributed by atoms with van der Waals surface area (Å²) in [5.74, 6) is 0.654. The molecular formula is C16H21N9O2. The molecule has 0 radical (unpaired) electrons. The minimum atomic E-state index is -0.711. The topological polar surface area (TPSA) is 117 Å². The highest BCUT2D eigenvalue weighted by Crippen LogP contribution is 2.21. The van der Waals surface area contributed by atoms with Crippen LogP contribution in [0.15, 0.2) is 30.3 Å². The van der Waals surface area contributed by atoms with Crippen molar-refractivity contribution in [3.05, 3.63) is 30.3 Å². The molecule has 0 aliphatic carbocycles. The van der Waals surface area contributed by atoms with Gasteiger partial charge in [0.1, 0.15) is 5.75 Å². The van der Waals surface area contributed by atoms with Gasteiger partial charge in [-0.2, -0.15) is 0 Å². The number of carbonyl (C=O) groups excluding carboxylic acids is 1. The van der Waals surface area contributed by atoms with Crippen LogP contribution in [0.5, 0.6) is 5.75 Å². The van der Waals surface area contributed by atoms with Crippen LogP contribution in [0, 0.1) is 0 Å². The third-order valence-electron chi connectivity index (χ3n) is 4.06. The van der Waals surface area contributed by atoms with Crippen molar-refractivity contribution < 1.29 is 9.53 Å². The fourth-order valence-corrected chi connectivity index (χ4v) is 2.66. The first-order valence-electron chi connectivity index (χ1n) is 8.78. The third kappa shape index (κ3) is 3.76. The molecule has 11 nitrogen and oxygen atoms in total. The molecule has 2 heterocycles. The summed E-state index contributed by atoms with van der Waals surface area (Å²) in [6.45, 7) is 7.23. The van der Waals surface area contributed by atoms with Gasteiger partial charge in [-0.3, -0.25) is 5.01 Å². The molecule has 2 aromatic heterocycles. The van der Waals surface area contributed by atoms with Gasteiger partial charge in [-0.25, -0.2) is 9.48 Å². The van der Waals surface area contributed by atoms with Crippen molar-refractivity contribution >= 4 is 5.97 Å². The fraction of sp³-hybridized carbons (Fsp3) is 0.438. The van der Waals surface area contributed by atoms with E-state index in [4.69, 9.17) is 4.74 Å². The van der Waals surface area contributed by atoms with E-state index in [0.29, 0.717) is 36.9 Å². The number of rotatable bonds is 8. The predicted octanol–water partition coefficient (Wildman–Crippen LogP) is 0.861. The van der Waals surface area contributed by atoms with Gasteiger partial charge in [0.15, 0.2) is 6.04 Å². The second kappa shape index (κ2) is 8.34. The lowest BCUT2D eigenvalue weighted by atomic mass is 10.2. The lowest BCUT2D eigenvalue weighted by Gasteiger charge is -2.21. The molecule has 0 bridgehead atoms. The van der Waals surface area contributed by atoms with Crippen molar-refractivity contribution in [3.8, 4) is 17.4 Å². The number of hydrogen-bond acceptors (Lipinski definition) is 9. The van der Waals surface area contributed by atoms with Gasteiger partial charge in [0.2, 0.25) is 11.6 Å². The largest absolute Gasteiger partial charge is 0.425 e. The van der Waals surface area contributed by atoms with Crippen LogP contribution < -0.4 is 9.75 Å². The standard InChI is InChI=1S/C16H21N9O2/c1-4-13(16(26)27-12-10-8-7-9-11-12)24-14(17-19-21-24)15-18-20-22-25(15)23(5-2)6-3/h7-11,13H,4-6H2,1-3H3. The maximum absolute atomic E-state index is 12.7. The summed E-state index contributed by atoms with van der Waals surface area (Å²) in [5, 5.41) is 25.4. The third-order valence-corrected chi connectivity index (χ3v) is 4.06. The van der Waals surface area contributed by atoms with E-state index in [2.05, 4.69) is 31.1 Å². The van der Waals surface area contributed by atoms with Crippen molar-refractivity contribution in [3.63, 3.8) is 0 Å². The summed E-state index contributed by atoms with van der Waals surface area (Å²) in [7, 11) is 0. The minimum Gasteiger partial charge on any atom is -0.425 e. The molecule has 11 heteroatoms. The number of esters is 1. The molecule has 27 heavy (non-hydrogen) atoms. The maximum atomic E-state index is 12.7. The smallest absolute Gasteiger partial charge is 0.336 e. The van der Waals surface area contributed by atoms with Crippen LogP contribution in [0.2, 0.25) is 0 Å². The van der Waals surface area contributed by atoms with E-state index in [1.165, 1.54) is 9.47 Å². The van der Waals surface area contributed by atoms with Gasteiger partial charge in [-0.05, 0) is 53.3 Å². The lowest BCUT2D eigenvalue weighted by Crippen LogP contribution is -2.36. The normalized spacial score (nSPS) is 12.0. The molecular weight excluding hydrogens is 350 g/mol. The van der Waals surface area contributed by atoms with Crippen LogP contribution in [-0.2, 0) is 4.79 Å². The Morgan fingerprint density at radius 2 is 1.70 bits per heavy atom. The Hall–Kier alpha value is -3.37. The molecule has 0 saturated heterocycles. The van der Waals surface area contributed by atoms with Gasteiger partial charge in [0.25, 0.3) is 0 Å². The molecule has 3 rings (SSSR count). The van der Waals surface area contributed by atoms with Gasteiger partial charge < -0.3 is 4.74 Å². The van der Waals surface area contributed by atoms with Crippen LogP contribution in [0.3, 0.4) is 0 Å². The zero-order valence-electron chi connectivity index (χ0n) is 15.4. The monoisotopic (exact) mass is 371 g/mol. The second-order valence-electron chi connectivity index (χ2n) is 5.64. The number of aromatic nitrogens is 8. The fourth-order valence-electron chi connectivity index (χ4n) is 2.66. The molecule has 0 aliphatic rings. The van der Waals surface area contributed by atoms with E-state index in [1.54, 1.807) is 24.3 Å². The number of benzene rings is 1. The predicted molar refractivity (Wildman–Crippen MR) is 95.3 cm³/mol. The molecule has 0 spiro atoms. The Labute approximate surface area is 155 Å². The molecule has 1 aromatic carbocycles. The van der Waals surface area contributed by atoms with E-state index >= 15 is 0 Å². The Morgan fingerprint density at radius 3 is 2.37 bits per heavy atom. The summed E-state index contributed by atoms with van der Waals surface area (Å²) in [4.78, 5) is 14.2. The Bertz CT molecular complexity index is 873. The first kappa shape index (κ1) is 18.4. The van der Waals surface area contributed by atoms with E-state index in [0.717, 1.165) is 0 Å². The minimum absolute atomic E-state index is 0.295. The SMILES string of the molecule is CCC(C(=O)Oc1ccccc1)n1nnnc1-c1nnnn1N(CC)CC. The zero-order chi connectivity index (χ0) is 19.2. The van der Waals surface area contributed by atoms with Gasteiger partial charge in [-0.15, -0.1) is 15.0 Å². The number of carbonyl (C=O) groups is 1. The van der Waals surface area contributed by atoms with E-state index < -0.39 is 12.0 Å². The van der Waals surface area contributed by atoms with Crippen molar-refractivity contribution in [2.75, 3.05) is 18.1 Å². The molecule has 0 saturated carbocycles. The highest BCUT2D eigenvalue weighted by Gasteiger charge is 2.29. The van der Waals surface area contributed by atoms with E-state index in [1.807, 2.05) is 31.8 Å².